The molecule has 1 aromatic rings. The van der Waals surface area contributed by atoms with Gasteiger partial charge in [0.25, 0.3) is 0 Å². The van der Waals surface area contributed by atoms with Crippen LogP contribution in [0.25, 0.3) is 0 Å². The van der Waals surface area contributed by atoms with Crippen LogP contribution in [0.2, 0.25) is 0 Å². The summed E-state index contributed by atoms with van der Waals surface area (Å²) in [6.07, 6.45) is 2.14. The van der Waals surface area contributed by atoms with Crippen molar-refractivity contribution in [2.24, 2.45) is 10.9 Å². The maximum Gasteiger partial charge on any atom is 0.239 e. The van der Waals surface area contributed by atoms with Crippen LogP contribution in [0.3, 0.4) is 0 Å². The predicted octanol–water partition coefficient (Wildman–Crippen LogP) is -0.760. The molecule has 2 atom stereocenters. The van der Waals surface area contributed by atoms with Crippen molar-refractivity contribution in [2.75, 3.05) is 5.32 Å². The van der Waals surface area contributed by atoms with Gasteiger partial charge in [0, 0.05) is 18.3 Å². The fourth-order valence-corrected chi connectivity index (χ4v) is 1.66. The minimum atomic E-state index is -3.66. The van der Waals surface area contributed by atoms with Crippen LogP contribution in [0.5, 0.6) is 0 Å². The van der Waals surface area contributed by atoms with Crippen molar-refractivity contribution >= 4 is 15.8 Å². The maximum atomic E-state index is 10.9. The van der Waals surface area contributed by atoms with E-state index in [0.717, 1.165) is 6.42 Å². The third kappa shape index (κ3) is 2.44. The largest absolute Gasteiger partial charge is 0.366 e. The molecule has 0 radical (unpaired) electrons. The lowest BCUT2D eigenvalue weighted by Crippen LogP contribution is -2.15. The SMILES string of the molecule is NC1CC1Nc1ccc(S(N)(=O)=O)cn1. The second kappa shape index (κ2) is 3.44. The number of anilines is 1. The zero-order chi connectivity index (χ0) is 11.1. The first-order chi connectivity index (χ1) is 6.97. The van der Waals surface area contributed by atoms with E-state index in [2.05, 4.69) is 10.3 Å². The zero-order valence-electron chi connectivity index (χ0n) is 7.92. The van der Waals surface area contributed by atoms with Gasteiger partial charge < -0.3 is 11.1 Å². The van der Waals surface area contributed by atoms with Crippen LogP contribution in [0, 0.1) is 0 Å². The van der Waals surface area contributed by atoms with Gasteiger partial charge in [-0.1, -0.05) is 0 Å². The van der Waals surface area contributed by atoms with Crippen molar-refractivity contribution in [1.82, 2.24) is 4.98 Å². The monoisotopic (exact) mass is 228 g/mol. The molecule has 0 spiro atoms. The quantitative estimate of drug-likeness (QED) is 0.629. The highest BCUT2D eigenvalue weighted by molar-refractivity contribution is 7.89. The first-order valence-electron chi connectivity index (χ1n) is 4.48. The Morgan fingerprint density at radius 3 is 2.53 bits per heavy atom. The van der Waals surface area contributed by atoms with Crippen LogP contribution in [0.4, 0.5) is 5.82 Å². The van der Waals surface area contributed by atoms with Gasteiger partial charge >= 0.3 is 0 Å². The molecule has 5 N–H and O–H groups in total. The average molecular weight is 228 g/mol. The summed E-state index contributed by atoms with van der Waals surface area (Å²) < 4.78 is 21.9. The number of hydrogen-bond acceptors (Lipinski definition) is 5. The van der Waals surface area contributed by atoms with E-state index in [0.29, 0.717) is 5.82 Å². The molecule has 7 heteroatoms. The molecule has 2 unspecified atom stereocenters. The van der Waals surface area contributed by atoms with Crippen LogP contribution in [0.15, 0.2) is 23.2 Å². The molecule has 1 aromatic heterocycles. The third-order valence-corrected chi connectivity index (χ3v) is 3.14. The minimum Gasteiger partial charge on any atom is -0.366 e. The van der Waals surface area contributed by atoms with Crippen molar-refractivity contribution in [1.29, 1.82) is 0 Å². The van der Waals surface area contributed by atoms with E-state index in [1.807, 2.05) is 0 Å². The fourth-order valence-electron chi connectivity index (χ4n) is 1.20. The summed E-state index contributed by atoms with van der Waals surface area (Å²) in [5.74, 6) is 0.611. The van der Waals surface area contributed by atoms with Gasteiger partial charge in [-0.15, -0.1) is 0 Å². The molecule has 0 aromatic carbocycles. The first-order valence-corrected chi connectivity index (χ1v) is 6.02. The number of aromatic nitrogens is 1. The molecule has 15 heavy (non-hydrogen) atoms. The zero-order valence-corrected chi connectivity index (χ0v) is 8.74. The van der Waals surface area contributed by atoms with E-state index < -0.39 is 10.0 Å². The molecule has 1 aliphatic rings. The number of nitrogens with two attached hydrogens (primary N) is 2. The third-order valence-electron chi connectivity index (χ3n) is 2.24. The van der Waals surface area contributed by atoms with Gasteiger partial charge in [0.2, 0.25) is 10.0 Å². The Hall–Kier alpha value is -1.18. The van der Waals surface area contributed by atoms with E-state index >= 15 is 0 Å². The number of hydrogen-bond donors (Lipinski definition) is 3. The maximum absolute atomic E-state index is 10.9. The number of nitrogens with zero attached hydrogens (tertiary/aromatic N) is 1. The Morgan fingerprint density at radius 2 is 2.13 bits per heavy atom. The van der Waals surface area contributed by atoms with E-state index in [-0.39, 0.29) is 17.0 Å². The lowest BCUT2D eigenvalue weighted by atomic mass is 10.4. The number of primary sulfonamides is 1. The number of nitrogens with one attached hydrogen (secondary N) is 1. The number of sulfonamides is 1. The van der Waals surface area contributed by atoms with E-state index in [1.165, 1.54) is 12.3 Å². The van der Waals surface area contributed by atoms with E-state index in [1.54, 1.807) is 6.07 Å². The molecular weight excluding hydrogens is 216 g/mol. The Morgan fingerprint density at radius 1 is 1.47 bits per heavy atom. The first kappa shape index (κ1) is 10.3. The molecule has 0 bridgehead atoms. The molecule has 6 nitrogen and oxygen atoms in total. The summed E-state index contributed by atoms with van der Waals surface area (Å²) in [6, 6.07) is 3.41. The lowest BCUT2D eigenvalue weighted by Gasteiger charge is -2.04. The highest BCUT2D eigenvalue weighted by Gasteiger charge is 2.33. The van der Waals surface area contributed by atoms with Gasteiger partial charge in [-0.2, -0.15) is 0 Å². The molecule has 0 amide bonds. The summed E-state index contributed by atoms with van der Waals surface area (Å²) in [4.78, 5) is 3.94. The van der Waals surface area contributed by atoms with Gasteiger partial charge in [0.15, 0.2) is 0 Å². The van der Waals surface area contributed by atoms with E-state index in [9.17, 15) is 8.42 Å². The summed E-state index contributed by atoms with van der Waals surface area (Å²) >= 11 is 0. The van der Waals surface area contributed by atoms with E-state index in [4.69, 9.17) is 10.9 Å². The molecule has 1 aliphatic carbocycles. The fraction of sp³-hybridized carbons (Fsp3) is 0.375. The van der Waals surface area contributed by atoms with Crippen LogP contribution < -0.4 is 16.2 Å². The molecule has 0 saturated heterocycles. The standard InChI is InChI=1S/C8H12N4O2S/c9-6-3-7(6)12-8-2-1-5(4-11-8)15(10,13)14/h1-2,4,6-7H,3,9H2,(H,11,12)(H2,10,13,14). The lowest BCUT2D eigenvalue weighted by molar-refractivity contribution is 0.597. The smallest absolute Gasteiger partial charge is 0.239 e. The van der Waals surface area contributed by atoms with Crippen molar-refractivity contribution in [2.45, 2.75) is 23.4 Å². The van der Waals surface area contributed by atoms with Crippen molar-refractivity contribution in [3.63, 3.8) is 0 Å². The topological polar surface area (TPSA) is 111 Å². The Bertz CT molecular complexity index is 456. The van der Waals surface area contributed by atoms with Gasteiger partial charge in [0.1, 0.15) is 10.7 Å². The number of pyridine rings is 1. The second-order valence-electron chi connectivity index (χ2n) is 3.57. The summed E-state index contributed by atoms with van der Waals surface area (Å²) in [7, 11) is -3.66. The highest BCUT2D eigenvalue weighted by atomic mass is 32.2. The van der Waals surface area contributed by atoms with Crippen molar-refractivity contribution in [3.05, 3.63) is 18.3 Å². The summed E-state index contributed by atoms with van der Waals surface area (Å²) in [6.45, 7) is 0. The van der Waals surface area contributed by atoms with Crippen LogP contribution in [-0.2, 0) is 10.0 Å². The molecule has 1 saturated carbocycles. The Balaban J connectivity index is 2.10. The van der Waals surface area contributed by atoms with Crippen LogP contribution in [0.1, 0.15) is 6.42 Å². The molecule has 1 fully saturated rings. The van der Waals surface area contributed by atoms with Crippen LogP contribution in [-0.4, -0.2) is 25.5 Å². The Labute approximate surface area is 87.7 Å². The van der Waals surface area contributed by atoms with Gasteiger partial charge in [-0.3, -0.25) is 0 Å². The van der Waals surface area contributed by atoms with Crippen molar-refractivity contribution < 1.29 is 8.42 Å². The Kier molecular flexibility index (Phi) is 2.37. The predicted molar refractivity (Wildman–Crippen MR) is 55.6 cm³/mol. The molecular formula is C8H12N4O2S. The summed E-state index contributed by atoms with van der Waals surface area (Å²) in [5, 5.41) is 8.01. The minimum absolute atomic E-state index is 0.00754. The normalized spacial score (nSPS) is 24.9. The van der Waals surface area contributed by atoms with Gasteiger partial charge in [0.05, 0.1) is 0 Å². The summed E-state index contributed by atoms with van der Waals surface area (Å²) in [5.41, 5.74) is 5.61. The van der Waals surface area contributed by atoms with Crippen molar-refractivity contribution in [3.8, 4) is 0 Å². The van der Waals surface area contributed by atoms with Crippen LogP contribution >= 0.6 is 0 Å². The number of rotatable bonds is 3. The molecule has 1 heterocycles. The van der Waals surface area contributed by atoms with Gasteiger partial charge in [-0.25, -0.2) is 18.5 Å². The second-order valence-corrected chi connectivity index (χ2v) is 5.14. The van der Waals surface area contributed by atoms with Gasteiger partial charge in [-0.05, 0) is 18.6 Å². The molecule has 2 rings (SSSR count). The average Bonchev–Trinajstić information content (AvgIpc) is 2.81. The molecule has 82 valence electrons. The highest BCUT2D eigenvalue weighted by Crippen LogP contribution is 2.22. The molecule has 0 aliphatic heterocycles.